The van der Waals surface area contributed by atoms with Crippen LogP contribution < -0.4 is 27.0 Å². The van der Waals surface area contributed by atoms with Gasteiger partial charge in [0, 0.05) is 11.0 Å². The summed E-state index contributed by atoms with van der Waals surface area (Å²) in [6.07, 6.45) is 1.35. The van der Waals surface area contributed by atoms with E-state index in [9.17, 15) is 29.1 Å². The van der Waals surface area contributed by atoms with Gasteiger partial charge >= 0.3 is 12.0 Å². The maximum absolute atomic E-state index is 12.2. The number of urea groups is 1. The number of ketones is 1. The molecule has 0 spiro atoms. The molecule has 12 heteroatoms. The summed E-state index contributed by atoms with van der Waals surface area (Å²) in [5, 5.41) is 19.8. The molecule has 0 aromatic rings. The Bertz CT molecular complexity index is 645. The van der Waals surface area contributed by atoms with Crippen LogP contribution in [-0.4, -0.2) is 77.4 Å². The van der Waals surface area contributed by atoms with E-state index in [1.165, 1.54) is 0 Å². The van der Waals surface area contributed by atoms with Crippen LogP contribution in [0.1, 0.15) is 19.3 Å². The molecular weight excluding hydrogens is 390 g/mol. The lowest BCUT2D eigenvalue weighted by atomic mass is 9.95. The van der Waals surface area contributed by atoms with Gasteiger partial charge in [-0.05, 0) is 12.8 Å². The zero-order valence-corrected chi connectivity index (χ0v) is 16.0. The summed E-state index contributed by atoms with van der Waals surface area (Å²) in [5.74, 6) is -3.34. The molecule has 2 aliphatic heterocycles. The van der Waals surface area contributed by atoms with Crippen LogP contribution in [0.2, 0.25) is 0 Å². The molecule has 4 amide bonds. The van der Waals surface area contributed by atoms with E-state index in [0.29, 0.717) is 12.8 Å². The summed E-state index contributed by atoms with van der Waals surface area (Å²) in [5.41, 5.74) is 5.09. The Balaban J connectivity index is 1.72. The second-order valence-corrected chi connectivity index (χ2v) is 7.94. The van der Waals surface area contributed by atoms with E-state index >= 15 is 0 Å². The SMILES string of the molecule is NCC(=O)NCC(=O)NCC(=O)C(CCC[C@@H]1SC[C@@H]2NC(=O)N[C@@H]21)C(=O)O. The summed E-state index contributed by atoms with van der Waals surface area (Å²) >= 11 is 1.72. The molecule has 156 valence electrons. The van der Waals surface area contributed by atoms with Crippen molar-refractivity contribution in [2.24, 2.45) is 11.7 Å². The van der Waals surface area contributed by atoms with Gasteiger partial charge in [0.15, 0.2) is 5.78 Å². The molecule has 2 heterocycles. The lowest BCUT2D eigenvalue weighted by Crippen LogP contribution is -2.42. The molecule has 0 saturated carbocycles. The number of thioether (sulfide) groups is 1. The van der Waals surface area contributed by atoms with Crippen LogP contribution >= 0.6 is 11.8 Å². The minimum Gasteiger partial charge on any atom is -0.481 e. The first kappa shape index (κ1) is 22.0. The highest BCUT2D eigenvalue weighted by molar-refractivity contribution is 8.00. The van der Waals surface area contributed by atoms with Gasteiger partial charge in [-0.15, -0.1) is 0 Å². The molecule has 7 N–H and O–H groups in total. The van der Waals surface area contributed by atoms with Crippen LogP contribution in [0.3, 0.4) is 0 Å². The van der Waals surface area contributed by atoms with E-state index in [1.807, 2.05) is 0 Å². The third-order valence-electron chi connectivity index (χ3n) is 4.70. The Hall–Kier alpha value is -2.34. The monoisotopic (exact) mass is 415 g/mol. The third kappa shape index (κ3) is 6.09. The number of carbonyl (C=O) groups is 5. The number of hydrogen-bond donors (Lipinski definition) is 6. The minimum atomic E-state index is -1.23. The van der Waals surface area contributed by atoms with Gasteiger partial charge in [0.05, 0.1) is 31.7 Å². The molecule has 2 aliphatic rings. The van der Waals surface area contributed by atoms with Gasteiger partial charge in [-0.3, -0.25) is 19.2 Å². The summed E-state index contributed by atoms with van der Waals surface area (Å²) in [7, 11) is 0. The number of nitrogens with one attached hydrogen (secondary N) is 4. The smallest absolute Gasteiger partial charge is 0.315 e. The summed E-state index contributed by atoms with van der Waals surface area (Å²) in [6.45, 7) is -1.01. The van der Waals surface area contributed by atoms with Gasteiger partial charge in [0.2, 0.25) is 11.8 Å². The molecule has 1 unspecified atom stereocenters. The maximum Gasteiger partial charge on any atom is 0.315 e. The molecule has 2 rings (SSSR count). The predicted octanol–water partition coefficient (Wildman–Crippen LogP) is -2.22. The molecule has 4 atom stereocenters. The van der Waals surface area contributed by atoms with Crippen molar-refractivity contribution < 1.29 is 29.1 Å². The number of rotatable bonds is 11. The Morgan fingerprint density at radius 2 is 1.89 bits per heavy atom. The van der Waals surface area contributed by atoms with E-state index in [-0.39, 0.29) is 42.9 Å². The molecular formula is C16H25N5O6S. The first-order chi connectivity index (χ1) is 13.3. The second kappa shape index (κ2) is 10.3. The standard InChI is InChI=1S/C16H25N5O6S/c17-4-12(23)19-6-13(24)18-5-10(22)8(15(25)26)2-1-3-11-14-9(7-28-11)20-16(27)21-14/h8-9,11,14H,1-7,17H2,(H,18,24)(H,19,23)(H,25,26)(H2,20,21,27)/t8?,9-,11-,14-/m0/s1. The van der Waals surface area contributed by atoms with Crippen molar-refractivity contribution in [2.45, 2.75) is 36.6 Å². The number of carbonyl (C=O) groups excluding carboxylic acids is 4. The van der Waals surface area contributed by atoms with Crippen LogP contribution in [0.25, 0.3) is 0 Å². The number of Topliss-reactive ketones (excluding diaryl/α,β-unsaturated/α-hetero) is 1. The van der Waals surface area contributed by atoms with Gasteiger partial charge in [0.25, 0.3) is 0 Å². The fourth-order valence-electron chi connectivity index (χ4n) is 3.21. The van der Waals surface area contributed by atoms with Crippen LogP contribution in [0.5, 0.6) is 0 Å². The largest absolute Gasteiger partial charge is 0.481 e. The van der Waals surface area contributed by atoms with Crippen LogP contribution in [0.15, 0.2) is 0 Å². The molecule has 11 nitrogen and oxygen atoms in total. The van der Waals surface area contributed by atoms with Crippen molar-refractivity contribution in [1.29, 1.82) is 0 Å². The van der Waals surface area contributed by atoms with Crippen molar-refractivity contribution in [1.82, 2.24) is 21.3 Å². The lowest BCUT2D eigenvalue weighted by molar-refractivity contribution is -0.146. The van der Waals surface area contributed by atoms with Gasteiger partial charge < -0.3 is 32.1 Å². The lowest BCUT2D eigenvalue weighted by Gasteiger charge is -2.18. The summed E-state index contributed by atoms with van der Waals surface area (Å²) < 4.78 is 0. The number of aliphatic carboxylic acids is 1. The Morgan fingerprint density at radius 1 is 1.18 bits per heavy atom. The number of hydrogen-bond acceptors (Lipinski definition) is 7. The molecule has 2 fully saturated rings. The average molecular weight is 415 g/mol. The van der Waals surface area contributed by atoms with Crippen molar-refractivity contribution in [3.8, 4) is 0 Å². The van der Waals surface area contributed by atoms with Crippen molar-refractivity contribution in [3.63, 3.8) is 0 Å². The van der Waals surface area contributed by atoms with Crippen molar-refractivity contribution in [2.75, 3.05) is 25.4 Å². The number of amides is 4. The highest BCUT2D eigenvalue weighted by Crippen LogP contribution is 2.33. The van der Waals surface area contributed by atoms with Gasteiger partial charge in [-0.1, -0.05) is 6.42 Å². The van der Waals surface area contributed by atoms with Crippen molar-refractivity contribution in [3.05, 3.63) is 0 Å². The van der Waals surface area contributed by atoms with E-state index < -0.39 is 36.0 Å². The van der Waals surface area contributed by atoms with Crippen LogP contribution in [0, 0.1) is 5.92 Å². The van der Waals surface area contributed by atoms with Crippen LogP contribution in [-0.2, 0) is 19.2 Å². The first-order valence-corrected chi connectivity index (χ1v) is 10.0. The van der Waals surface area contributed by atoms with E-state index in [4.69, 9.17) is 5.73 Å². The fraction of sp³-hybridized carbons (Fsp3) is 0.688. The second-order valence-electron chi connectivity index (χ2n) is 6.67. The zero-order chi connectivity index (χ0) is 20.7. The third-order valence-corrected chi connectivity index (χ3v) is 6.21. The number of nitrogens with two attached hydrogens (primary N) is 1. The average Bonchev–Trinajstić information content (AvgIpc) is 3.20. The summed E-state index contributed by atoms with van der Waals surface area (Å²) in [6, 6.07) is -0.0637. The number of carboxylic acid groups (broad SMARTS) is 1. The topological polar surface area (TPSA) is 180 Å². The number of carboxylic acids is 1. The quantitative estimate of drug-likeness (QED) is 0.162. The van der Waals surface area contributed by atoms with E-state index in [1.54, 1.807) is 11.8 Å². The summed E-state index contributed by atoms with van der Waals surface area (Å²) in [4.78, 5) is 57.5. The normalized spacial score (nSPS) is 23.9. The highest BCUT2D eigenvalue weighted by Gasteiger charge is 2.42. The van der Waals surface area contributed by atoms with Gasteiger partial charge in [-0.25, -0.2) is 4.79 Å². The maximum atomic E-state index is 12.2. The van der Waals surface area contributed by atoms with Gasteiger partial charge in [0.1, 0.15) is 5.92 Å². The molecule has 2 saturated heterocycles. The Morgan fingerprint density at radius 3 is 2.57 bits per heavy atom. The molecule has 28 heavy (non-hydrogen) atoms. The minimum absolute atomic E-state index is 0.0273. The van der Waals surface area contributed by atoms with E-state index in [0.717, 1.165) is 5.75 Å². The Labute approximate surface area is 165 Å². The molecule has 0 bridgehead atoms. The molecule has 0 aromatic carbocycles. The molecule has 0 aliphatic carbocycles. The zero-order valence-electron chi connectivity index (χ0n) is 15.2. The highest BCUT2D eigenvalue weighted by atomic mass is 32.2. The Kier molecular flexibility index (Phi) is 8.05. The molecule has 0 radical (unpaired) electrons. The number of fused-ring (bicyclic) bond motifs is 1. The molecule has 0 aromatic heterocycles. The van der Waals surface area contributed by atoms with Crippen LogP contribution in [0.4, 0.5) is 4.79 Å². The van der Waals surface area contributed by atoms with E-state index in [2.05, 4.69) is 21.3 Å². The fourth-order valence-corrected chi connectivity index (χ4v) is 4.75. The van der Waals surface area contributed by atoms with Crippen molar-refractivity contribution >= 4 is 41.4 Å². The first-order valence-electron chi connectivity index (χ1n) is 8.99. The van der Waals surface area contributed by atoms with Gasteiger partial charge in [-0.2, -0.15) is 11.8 Å². The predicted molar refractivity (Wildman–Crippen MR) is 101 cm³/mol.